The number of halogens is 2. The summed E-state index contributed by atoms with van der Waals surface area (Å²) in [5, 5.41) is 9.13. The van der Waals surface area contributed by atoms with Crippen LogP contribution in [-0.2, 0) is 4.79 Å². The molecule has 1 aromatic rings. The Bertz CT molecular complexity index is 532. The first-order chi connectivity index (χ1) is 9.58. The first kappa shape index (κ1) is 18.2. The molecule has 0 atom stereocenters. The summed E-state index contributed by atoms with van der Waals surface area (Å²) in [5.74, 6) is 0.582. The molecule has 1 amide bonds. The largest absolute Gasteiger partial charge is 0.354 e. The number of anilines is 1. The monoisotopic (exact) mass is 466 g/mol. The van der Waals surface area contributed by atoms with Crippen LogP contribution in [0.25, 0.3) is 0 Å². The van der Waals surface area contributed by atoms with Crippen molar-refractivity contribution in [1.82, 2.24) is 10.6 Å². The molecule has 2 rings (SSSR count). The van der Waals surface area contributed by atoms with Crippen molar-refractivity contribution < 1.29 is 4.79 Å². The van der Waals surface area contributed by atoms with Gasteiger partial charge in [-0.1, -0.05) is 22.0 Å². The molecule has 1 saturated carbocycles. The van der Waals surface area contributed by atoms with Crippen LogP contribution in [0.4, 0.5) is 5.69 Å². The van der Waals surface area contributed by atoms with E-state index in [1.54, 1.807) is 7.05 Å². The molecule has 5 nitrogen and oxygen atoms in total. The van der Waals surface area contributed by atoms with E-state index in [1.165, 1.54) is 12.8 Å². The third kappa shape index (κ3) is 6.21. The van der Waals surface area contributed by atoms with E-state index in [4.69, 9.17) is 0 Å². The van der Waals surface area contributed by atoms with Gasteiger partial charge >= 0.3 is 0 Å². The van der Waals surface area contributed by atoms with E-state index >= 15 is 0 Å². The summed E-state index contributed by atoms with van der Waals surface area (Å²) in [4.78, 5) is 16.0. The molecule has 0 aromatic heterocycles. The SMILES string of the molecule is CN=C(NCC(=O)Nc1cc(Br)ccc1C)NC1CC1.I. The third-order valence-electron chi connectivity index (χ3n) is 3.03. The normalized spacial score (nSPS) is 14.1. The Morgan fingerprint density at radius 3 is 2.76 bits per heavy atom. The summed E-state index contributed by atoms with van der Waals surface area (Å²) >= 11 is 3.40. The zero-order valence-electron chi connectivity index (χ0n) is 12.1. The van der Waals surface area contributed by atoms with Crippen LogP contribution in [0.15, 0.2) is 27.7 Å². The van der Waals surface area contributed by atoms with Crippen LogP contribution in [0.5, 0.6) is 0 Å². The van der Waals surface area contributed by atoms with Crippen LogP contribution in [-0.4, -0.2) is 31.5 Å². The number of hydrogen-bond donors (Lipinski definition) is 3. The summed E-state index contributed by atoms with van der Waals surface area (Å²) in [6, 6.07) is 6.31. The molecule has 0 bridgehead atoms. The van der Waals surface area contributed by atoms with Crippen LogP contribution >= 0.6 is 39.9 Å². The lowest BCUT2D eigenvalue weighted by atomic mass is 10.2. The Morgan fingerprint density at radius 1 is 1.43 bits per heavy atom. The summed E-state index contributed by atoms with van der Waals surface area (Å²) in [5.41, 5.74) is 1.85. The minimum Gasteiger partial charge on any atom is -0.354 e. The summed E-state index contributed by atoms with van der Waals surface area (Å²) in [6.07, 6.45) is 2.34. The van der Waals surface area contributed by atoms with Gasteiger partial charge in [0.1, 0.15) is 0 Å². The van der Waals surface area contributed by atoms with Gasteiger partial charge in [-0.3, -0.25) is 9.79 Å². The van der Waals surface area contributed by atoms with Crippen molar-refractivity contribution in [3.8, 4) is 0 Å². The standard InChI is InChI=1S/C14H19BrN4O.HI/c1-9-3-4-10(15)7-12(9)19-13(20)8-17-14(16-2)18-11-5-6-11;/h3-4,7,11H,5-6,8H2,1-2H3,(H,19,20)(H2,16,17,18);1H. The lowest BCUT2D eigenvalue weighted by molar-refractivity contribution is -0.115. The second-order valence-electron chi connectivity index (χ2n) is 4.85. The maximum Gasteiger partial charge on any atom is 0.243 e. The number of aliphatic imine (C=N–C) groups is 1. The molecule has 1 aromatic carbocycles. The molecule has 116 valence electrons. The number of carbonyl (C=O) groups excluding carboxylic acids is 1. The molecule has 0 saturated heterocycles. The van der Waals surface area contributed by atoms with Crippen molar-refractivity contribution in [2.24, 2.45) is 4.99 Å². The highest BCUT2D eigenvalue weighted by molar-refractivity contribution is 14.0. The maximum atomic E-state index is 11.9. The zero-order valence-corrected chi connectivity index (χ0v) is 16.0. The number of carbonyl (C=O) groups is 1. The molecule has 3 N–H and O–H groups in total. The fraction of sp³-hybridized carbons (Fsp3) is 0.429. The van der Waals surface area contributed by atoms with Gasteiger partial charge in [0.25, 0.3) is 0 Å². The molecule has 0 spiro atoms. The molecular weight excluding hydrogens is 447 g/mol. The number of hydrogen-bond acceptors (Lipinski definition) is 2. The van der Waals surface area contributed by atoms with Crippen molar-refractivity contribution in [2.75, 3.05) is 18.9 Å². The number of nitrogens with zero attached hydrogens (tertiary/aromatic N) is 1. The van der Waals surface area contributed by atoms with Gasteiger partial charge in [0, 0.05) is 23.2 Å². The van der Waals surface area contributed by atoms with E-state index in [0.29, 0.717) is 12.0 Å². The van der Waals surface area contributed by atoms with Crippen molar-refractivity contribution in [3.05, 3.63) is 28.2 Å². The second kappa shape index (κ2) is 8.57. The summed E-state index contributed by atoms with van der Waals surface area (Å²) in [6.45, 7) is 2.15. The molecule has 0 aliphatic heterocycles. The zero-order chi connectivity index (χ0) is 14.5. The van der Waals surface area contributed by atoms with E-state index in [-0.39, 0.29) is 36.4 Å². The molecule has 21 heavy (non-hydrogen) atoms. The quantitative estimate of drug-likeness (QED) is 0.363. The molecule has 0 heterocycles. The first-order valence-corrected chi connectivity index (χ1v) is 7.41. The molecule has 1 aliphatic carbocycles. The highest BCUT2D eigenvalue weighted by Crippen LogP contribution is 2.20. The lowest BCUT2D eigenvalue weighted by Gasteiger charge is -2.12. The number of guanidine groups is 1. The highest BCUT2D eigenvalue weighted by Gasteiger charge is 2.22. The average Bonchev–Trinajstić information content (AvgIpc) is 3.22. The molecule has 1 fully saturated rings. The van der Waals surface area contributed by atoms with Gasteiger partial charge in [0.15, 0.2) is 5.96 Å². The number of nitrogens with one attached hydrogen (secondary N) is 3. The Kier molecular flexibility index (Phi) is 7.44. The predicted octanol–water partition coefficient (Wildman–Crippen LogP) is 2.64. The Hall–Kier alpha value is -0.830. The van der Waals surface area contributed by atoms with Crippen molar-refractivity contribution in [1.29, 1.82) is 0 Å². The van der Waals surface area contributed by atoms with Crippen LogP contribution in [0, 0.1) is 6.92 Å². The topological polar surface area (TPSA) is 65.5 Å². The Labute approximate surface area is 150 Å². The van der Waals surface area contributed by atoms with Crippen molar-refractivity contribution in [3.63, 3.8) is 0 Å². The van der Waals surface area contributed by atoms with Gasteiger partial charge in [-0.25, -0.2) is 0 Å². The van der Waals surface area contributed by atoms with Crippen LogP contribution in [0.2, 0.25) is 0 Å². The molecule has 0 radical (unpaired) electrons. The maximum absolute atomic E-state index is 11.9. The van der Waals surface area contributed by atoms with E-state index in [2.05, 4.69) is 36.9 Å². The molecule has 0 unspecified atom stereocenters. The van der Waals surface area contributed by atoms with E-state index in [0.717, 1.165) is 15.7 Å². The minimum atomic E-state index is -0.0926. The van der Waals surface area contributed by atoms with Gasteiger partial charge in [-0.05, 0) is 37.5 Å². The fourth-order valence-corrected chi connectivity index (χ4v) is 2.06. The third-order valence-corrected chi connectivity index (χ3v) is 3.53. The lowest BCUT2D eigenvalue weighted by Crippen LogP contribution is -2.42. The van der Waals surface area contributed by atoms with Gasteiger partial charge in [-0.2, -0.15) is 0 Å². The predicted molar refractivity (Wildman–Crippen MR) is 100 cm³/mol. The molecule has 7 heteroatoms. The van der Waals surface area contributed by atoms with E-state index in [1.807, 2.05) is 25.1 Å². The van der Waals surface area contributed by atoms with Crippen LogP contribution < -0.4 is 16.0 Å². The van der Waals surface area contributed by atoms with Crippen molar-refractivity contribution >= 4 is 57.5 Å². The smallest absolute Gasteiger partial charge is 0.243 e. The average molecular weight is 467 g/mol. The number of benzene rings is 1. The fourth-order valence-electron chi connectivity index (χ4n) is 1.70. The van der Waals surface area contributed by atoms with Gasteiger partial charge < -0.3 is 16.0 Å². The summed E-state index contributed by atoms with van der Waals surface area (Å²) in [7, 11) is 1.70. The minimum absolute atomic E-state index is 0. The van der Waals surface area contributed by atoms with Crippen LogP contribution in [0.1, 0.15) is 18.4 Å². The van der Waals surface area contributed by atoms with Crippen LogP contribution in [0.3, 0.4) is 0 Å². The first-order valence-electron chi connectivity index (χ1n) is 6.61. The van der Waals surface area contributed by atoms with Gasteiger partial charge in [0.2, 0.25) is 5.91 Å². The van der Waals surface area contributed by atoms with Gasteiger partial charge in [-0.15, -0.1) is 24.0 Å². The number of amides is 1. The molecule has 1 aliphatic rings. The second-order valence-corrected chi connectivity index (χ2v) is 5.77. The Balaban J connectivity index is 0.00000220. The highest BCUT2D eigenvalue weighted by atomic mass is 127. The van der Waals surface area contributed by atoms with E-state index < -0.39 is 0 Å². The van der Waals surface area contributed by atoms with E-state index in [9.17, 15) is 4.79 Å². The number of rotatable bonds is 4. The Morgan fingerprint density at radius 2 is 2.14 bits per heavy atom. The van der Waals surface area contributed by atoms with Crippen molar-refractivity contribution in [2.45, 2.75) is 25.8 Å². The van der Waals surface area contributed by atoms with Gasteiger partial charge in [0.05, 0.1) is 6.54 Å². The molecular formula is C14H20BrIN4O. The number of aryl methyl sites for hydroxylation is 1. The summed E-state index contributed by atoms with van der Waals surface area (Å²) < 4.78 is 0.942.